The van der Waals surface area contributed by atoms with Gasteiger partial charge in [0.05, 0.1) is 12.6 Å². The van der Waals surface area contributed by atoms with Gasteiger partial charge in [-0.25, -0.2) is 4.79 Å². The second-order valence-electron chi connectivity index (χ2n) is 6.13. The van der Waals surface area contributed by atoms with Crippen molar-refractivity contribution in [3.8, 4) is 0 Å². The fourth-order valence-electron chi connectivity index (χ4n) is 3.20. The van der Waals surface area contributed by atoms with E-state index in [1.54, 1.807) is 4.90 Å². The van der Waals surface area contributed by atoms with Crippen molar-refractivity contribution >= 4 is 12.0 Å². The molecule has 2 amide bonds. The first-order chi connectivity index (χ1) is 11.1. The molecule has 0 spiro atoms. The lowest BCUT2D eigenvalue weighted by atomic mass is 10.2. The Balaban J connectivity index is 1.61. The summed E-state index contributed by atoms with van der Waals surface area (Å²) in [6, 6.07) is 8.79. The molecular weight excluding hydrogens is 296 g/mol. The molecule has 2 heterocycles. The van der Waals surface area contributed by atoms with Crippen LogP contribution in [0.4, 0.5) is 4.79 Å². The third-order valence-corrected chi connectivity index (χ3v) is 4.42. The van der Waals surface area contributed by atoms with Gasteiger partial charge in [0.1, 0.15) is 12.6 Å². The second kappa shape index (κ2) is 7.00. The molecule has 1 aromatic carbocycles. The van der Waals surface area contributed by atoms with Crippen LogP contribution < -0.4 is 0 Å². The van der Waals surface area contributed by atoms with E-state index in [0.717, 1.165) is 31.5 Å². The fraction of sp³-hybridized carbons (Fsp3) is 0.529. The van der Waals surface area contributed by atoms with Gasteiger partial charge in [-0.2, -0.15) is 0 Å². The first kappa shape index (κ1) is 15.8. The average Bonchev–Trinajstić information content (AvgIpc) is 3.22. The Bertz CT molecular complexity index is 557. The normalized spacial score (nSPS) is 24.0. The molecular formula is C17H22N2O4. The number of likely N-dealkylation sites (tertiary alicyclic amines) is 2. The lowest BCUT2D eigenvalue weighted by Gasteiger charge is -2.26. The summed E-state index contributed by atoms with van der Waals surface area (Å²) in [5.74, 6) is -0.0734. The lowest BCUT2D eigenvalue weighted by Crippen LogP contribution is -2.47. The number of β-amino-alcohol motifs (C(OH)–C–C–N with tert-alkyl or cyclic N) is 1. The number of carbonyl (C=O) groups is 2. The molecule has 2 fully saturated rings. The summed E-state index contributed by atoms with van der Waals surface area (Å²) in [5, 5.41) is 9.88. The number of hydrogen-bond acceptors (Lipinski definition) is 4. The van der Waals surface area contributed by atoms with Crippen molar-refractivity contribution in [2.24, 2.45) is 0 Å². The summed E-state index contributed by atoms with van der Waals surface area (Å²) in [6.45, 7) is 1.78. The summed E-state index contributed by atoms with van der Waals surface area (Å²) in [4.78, 5) is 28.0. The Hall–Kier alpha value is -2.08. The molecule has 2 atom stereocenters. The number of rotatable bonds is 3. The van der Waals surface area contributed by atoms with Gasteiger partial charge >= 0.3 is 6.09 Å². The maximum absolute atomic E-state index is 12.5. The molecule has 2 aliphatic rings. The molecule has 0 radical (unpaired) electrons. The predicted octanol–water partition coefficient (Wildman–Crippen LogP) is 1.38. The third-order valence-electron chi connectivity index (χ3n) is 4.42. The van der Waals surface area contributed by atoms with E-state index in [4.69, 9.17) is 4.74 Å². The van der Waals surface area contributed by atoms with Crippen LogP contribution in [0, 0.1) is 0 Å². The van der Waals surface area contributed by atoms with E-state index in [0.29, 0.717) is 0 Å². The molecule has 0 aliphatic carbocycles. The van der Waals surface area contributed by atoms with Crippen LogP contribution in [0.15, 0.2) is 30.3 Å². The maximum Gasteiger partial charge on any atom is 0.410 e. The Morgan fingerprint density at radius 1 is 1.17 bits per heavy atom. The van der Waals surface area contributed by atoms with Crippen molar-refractivity contribution in [2.45, 2.75) is 38.0 Å². The lowest BCUT2D eigenvalue weighted by molar-refractivity contribution is -0.134. The van der Waals surface area contributed by atoms with Crippen molar-refractivity contribution in [3.63, 3.8) is 0 Å². The third kappa shape index (κ3) is 3.64. The highest BCUT2D eigenvalue weighted by Gasteiger charge is 2.42. The molecule has 0 unspecified atom stereocenters. The average molecular weight is 318 g/mol. The van der Waals surface area contributed by atoms with Crippen molar-refractivity contribution in [3.05, 3.63) is 35.9 Å². The van der Waals surface area contributed by atoms with Crippen molar-refractivity contribution in [1.82, 2.24) is 9.80 Å². The van der Waals surface area contributed by atoms with E-state index in [9.17, 15) is 14.7 Å². The van der Waals surface area contributed by atoms with Crippen LogP contribution >= 0.6 is 0 Å². The number of ether oxygens (including phenoxy) is 1. The van der Waals surface area contributed by atoms with Gasteiger partial charge in [0.15, 0.2) is 0 Å². The van der Waals surface area contributed by atoms with Gasteiger partial charge in [-0.05, 0) is 18.4 Å². The fourth-order valence-corrected chi connectivity index (χ4v) is 3.20. The largest absolute Gasteiger partial charge is 0.445 e. The van der Waals surface area contributed by atoms with Gasteiger partial charge in [0, 0.05) is 19.5 Å². The van der Waals surface area contributed by atoms with Crippen LogP contribution in [0.1, 0.15) is 24.8 Å². The van der Waals surface area contributed by atoms with Crippen LogP contribution in [0.25, 0.3) is 0 Å². The van der Waals surface area contributed by atoms with E-state index in [1.807, 2.05) is 30.3 Å². The topological polar surface area (TPSA) is 70.1 Å². The summed E-state index contributed by atoms with van der Waals surface area (Å²) in [7, 11) is 0. The molecule has 1 aromatic rings. The number of benzene rings is 1. The Kier molecular flexibility index (Phi) is 4.81. The van der Waals surface area contributed by atoms with Crippen LogP contribution in [-0.4, -0.2) is 58.7 Å². The monoisotopic (exact) mass is 318 g/mol. The number of amides is 2. The summed E-state index contributed by atoms with van der Waals surface area (Å²) in [5.41, 5.74) is 0.892. The highest BCUT2D eigenvalue weighted by Crippen LogP contribution is 2.23. The van der Waals surface area contributed by atoms with Crippen LogP contribution in [0.2, 0.25) is 0 Å². The molecule has 23 heavy (non-hydrogen) atoms. The molecule has 3 rings (SSSR count). The van der Waals surface area contributed by atoms with Gasteiger partial charge < -0.3 is 14.7 Å². The van der Waals surface area contributed by atoms with Gasteiger partial charge in [0.2, 0.25) is 5.91 Å². The molecule has 0 bridgehead atoms. The summed E-state index contributed by atoms with van der Waals surface area (Å²) >= 11 is 0. The van der Waals surface area contributed by atoms with Crippen LogP contribution in [0.3, 0.4) is 0 Å². The number of aliphatic hydroxyl groups excluding tert-OH is 1. The molecule has 6 heteroatoms. The Morgan fingerprint density at radius 2 is 1.87 bits per heavy atom. The smallest absolute Gasteiger partial charge is 0.410 e. The maximum atomic E-state index is 12.5. The number of carbonyl (C=O) groups excluding carboxylic acids is 2. The van der Waals surface area contributed by atoms with Crippen molar-refractivity contribution in [2.75, 3.05) is 19.6 Å². The van der Waals surface area contributed by atoms with E-state index >= 15 is 0 Å². The summed E-state index contributed by atoms with van der Waals surface area (Å²) in [6.07, 6.45) is 1.08. The van der Waals surface area contributed by atoms with Crippen LogP contribution in [-0.2, 0) is 16.1 Å². The standard InChI is InChI=1S/C17H22N2O4/c20-14-10-15(16(21)18-8-4-5-9-18)19(11-14)17(22)23-12-13-6-2-1-3-7-13/h1-3,6-7,14-15,20H,4-5,8-12H2/t14-,15+/m1/s1. The first-order valence-corrected chi connectivity index (χ1v) is 8.09. The Labute approximate surface area is 135 Å². The van der Waals surface area contributed by atoms with Crippen molar-refractivity contribution < 1.29 is 19.4 Å². The molecule has 1 N–H and O–H groups in total. The quantitative estimate of drug-likeness (QED) is 0.914. The van der Waals surface area contributed by atoms with E-state index < -0.39 is 18.2 Å². The molecule has 124 valence electrons. The zero-order valence-corrected chi connectivity index (χ0v) is 13.1. The summed E-state index contributed by atoms with van der Waals surface area (Å²) < 4.78 is 5.31. The zero-order valence-electron chi connectivity index (χ0n) is 13.1. The Morgan fingerprint density at radius 3 is 2.57 bits per heavy atom. The zero-order chi connectivity index (χ0) is 16.2. The minimum absolute atomic E-state index is 0.0734. The van der Waals surface area contributed by atoms with Gasteiger partial charge in [0.25, 0.3) is 0 Å². The molecule has 2 saturated heterocycles. The van der Waals surface area contributed by atoms with E-state index in [1.165, 1.54) is 4.90 Å². The second-order valence-corrected chi connectivity index (χ2v) is 6.13. The van der Waals surface area contributed by atoms with Gasteiger partial charge in [-0.3, -0.25) is 9.69 Å². The number of nitrogens with zero attached hydrogens (tertiary/aromatic N) is 2. The number of hydrogen-bond donors (Lipinski definition) is 1. The van der Waals surface area contributed by atoms with Gasteiger partial charge in [-0.15, -0.1) is 0 Å². The van der Waals surface area contributed by atoms with Crippen LogP contribution in [0.5, 0.6) is 0 Å². The molecule has 2 aliphatic heterocycles. The first-order valence-electron chi connectivity index (χ1n) is 8.09. The molecule has 0 aromatic heterocycles. The SMILES string of the molecule is O=C([C@@H]1C[C@@H](O)CN1C(=O)OCc1ccccc1)N1CCCC1. The highest BCUT2D eigenvalue weighted by molar-refractivity contribution is 5.86. The minimum Gasteiger partial charge on any atom is -0.445 e. The molecule has 0 saturated carbocycles. The predicted molar refractivity (Wildman–Crippen MR) is 83.6 cm³/mol. The minimum atomic E-state index is -0.671. The molecule has 6 nitrogen and oxygen atoms in total. The number of aliphatic hydroxyl groups is 1. The van der Waals surface area contributed by atoms with E-state index in [-0.39, 0.29) is 25.5 Å². The highest BCUT2D eigenvalue weighted by atomic mass is 16.6. The van der Waals surface area contributed by atoms with Crippen molar-refractivity contribution in [1.29, 1.82) is 0 Å². The van der Waals surface area contributed by atoms with Gasteiger partial charge in [-0.1, -0.05) is 30.3 Å². The van der Waals surface area contributed by atoms with E-state index in [2.05, 4.69) is 0 Å².